The van der Waals surface area contributed by atoms with E-state index in [4.69, 9.17) is 10.00 Å². The fourth-order valence-corrected chi connectivity index (χ4v) is 3.42. The zero-order chi connectivity index (χ0) is 16.4. The summed E-state index contributed by atoms with van der Waals surface area (Å²) in [5.41, 5.74) is 0.925. The standard InChI is InChI=1S/C15H15N5O2S/c1-9-13(23-10(2)19-9)15(21)20-6-3-11(8-20)22-14-12(7-16)17-4-5-18-14/h4-5,11H,3,6,8H2,1-2H3/t11-/m1/s1. The maximum absolute atomic E-state index is 12.6. The van der Waals surface area contributed by atoms with Crippen molar-refractivity contribution in [3.8, 4) is 11.9 Å². The molecule has 0 bridgehead atoms. The van der Waals surface area contributed by atoms with Gasteiger partial charge in [0.15, 0.2) is 0 Å². The number of rotatable bonds is 3. The van der Waals surface area contributed by atoms with Crippen LogP contribution < -0.4 is 4.74 Å². The normalized spacial score (nSPS) is 17.1. The first-order valence-electron chi connectivity index (χ1n) is 7.19. The molecule has 7 nitrogen and oxygen atoms in total. The average molecular weight is 329 g/mol. The third-order valence-electron chi connectivity index (χ3n) is 3.58. The number of amides is 1. The number of nitriles is 1. The molecule has 0 aromatic carbocycles. The van der Waals surface area contributed by atoms with Crippen LogP contribution in [-0.4, -0.2) is 45.0 Å². The van der Waals surface area contributed by atoms with Crippen LogP contribution in [0.2, 0.25) is 0 Å². The van der Waals surface area contributed by atoms with E-state index >= 15 is 0 Å². The highest BCUT2D eigenvalue weighted by Crippen LogP contribution is 2.23. The number of carbonyl (C=O) groups excluding carboxylic acids is 1. The Morgan fingerprint density at radius 1 is 1.43 bits per heavy atom. The van der Waals surface area contributed by atoms with Crippen molar-refractivity contribution < 1.29 is 9.53 Å². The first-order chi connectivity index (χ1) is 11.1. The number of carbonyl (C=O) groups is 1. The van der Waals surface area contributed by atoms with E-state index in [1.54, 1.807) is 4.90 Å². The number of likely N-dealkylation sites (tertiary alicyclic amines) is 1. The Labute approximate surface area is 137 Å². The molecule has 3 rings (SSSR count). The van der Waals surface area contributed by atoms with E-state index in [0.29, 0.717) is 24.4 Å². The smallest absolute Gasteiger partial charge is 0.265 e. The highest BCUT2D eigenvalue weighted by molar-refractivity contribution is 7.13. The van der Waals surface area contributed by atoms with Crippen LogP contribution in [0.25, 0.3) is 0 Å². The van der Waals surface area contributed by atoms with E-state index in [1.165, 1.54) is 23.7 Å². The monoisotopic (exact) mass is 329 g/mol. The second kappa shape index (κ2) is 6.30. The van der Waals surface area contributed by atoms with Gasteiger partial charge in [-0.1, -0.05) is 0 Å². The molecule has 23 heavy (non-hydrogen) atoms. The molecular formula is C15H15N5O2S. The maximum atomic E-state index is 12.6. The predicted octanol–water partition coefficient (Wildman–Crippen LogP) is 1.72. The van der Waals surface area contributed by atoms with Gasteiger partial charge in [-0.25, -0.2) is 15.0 Å². The third kappa shape index (κ3) is 3.14. The molecule has 1 aliphatic heterocycles. The Morgan fingerprint density at radius 2 is 2.22 bits per heavy atom. The Kier molecular flexibility index (Phi) is 4.21. The van der Waals surface area contributed by atoms with Crippen LogP contribution in [0.1, 0.15) is 32.5 Å². The number of hydrogen-bond acceptors (Lipinski definition) is 7. The molecule has 3 heterocycles. The van der Waals surface area contributed by atoms with E-state index in [1.807, 2.05) is 19.9 Å². The van der Waals surface area contributed by atoms with Gasteiger partial charge in [-0.3, -0.25) is 4.79 Å². The number of aromatic nitrogens is 3. The van der Waals surface area contributed by atoms with Gasteiger partial charge in [-0.05, 0) is 13.8 Å². The lowest BCUT2D eigenvalue weighted by Crippen LogP contribution is -2.31. The summed E-state index contributed by atoms with van der Waals surface area (Å²) in [6.45, 7) is 4.82. The van der Waals surface area contributed by atoms with Crippen LogP contribution in [0.5, 0.6) is 5.88 Å². The molecule has 2 aromatic rings. The fraction of sp³-hybridized carbons (Fsp3) is 0.400. The third-order valence-corrected chi connectivity index (χ3v) is 4.64. The quantitative estimate of drug-likeness (QED) is 0.851. The number of thiazole rings is 1. The predicted molar refractivity (Wildman–Crippen MR) is 83.3 cm³/mol. The first kappa shape index (κ1) is 15.4. The summed E-state index contributed by atoms with van der Waals surface area (Å²) in [4.78, 5) is 27.3. The van der Waals surface area contributed by atoms with Gasteiger partial charge in [0, 0.05) is 25.4 Å². The molecule has 0 unspecified atom stereocenters. The van der Waals surface area contributed by atoms with Crippen molar-refractivity contribution in [2.24, 2.45) is 0 Å². The zero-order valence-electron chi connectivity index (χ0n) is 12.8. The van der Waals surface area contributed by atoms with Gasteiger partial charge in [-0.2, -0.15) is 5.26 Å². The lowest BCUT2D eigenvalue weighted by molar-refractivity contribution is 0.0775. The number of nitrogens with zero attached hydrogens (tertiary/aromatic N) is 5. The van der Waals surface area contributed by atoms with Gasteiger partial charge in [0.1, 0.15) is 17.1 Å². The summed E-state index contributed by atoms with van der Waals surface area (Å²) in [7, 11) is 0. The van der Waals surface area contributed by atoms with Crippen molar-refractivity contribution in [1.82, 2.24) is 19.9 Å². The molecule has 0 aliphatic carbocycles. The SMILES string of the molecule is Cc1nc(C)c(C(=O)N2CC[C@@H](Oc3nccnc3C#N)C2)s1. The van der Waals surface area contributed by atoms with Gasteiger partial charge < -0.3 is 9.64 Å². The molecule has 8 heteroatoms. The molecule has 1 atom stereocenters. The Bertz CT molecular complexity index is 782. The van der Waals surface area contributed by atoms with Gasteiger partial charge in [0.25, 0.3) is 11.8 Å². The minimum atomic E-state index is -0.183. The van der Waals surface area contributed by atoms with Gasteiger partial charge in [0.2, 0.25) is 5.69 Å². The molecule has 1 fully saturated rings. The second-order valence-corrected chi connectivity index (χ2v) is 6.45. The van der Waals surface area contributed by atoms with Crippen LogP contribution in [0.4, 0.5) is 0 Å². The Hall–Kier alpha value is -2.53. The lowest BCUT2D eigenvalue weighted by atomic mass is 10.3. The van der Waals surface area contributed by atoms with Crippen molar-refractivity contribution >= 4 is 17.2 Å². The van der Waals surface area contributed by atoms with E-state index < -0.39 is 0 Å². The summed E-state index contributed by atoms with van der Waals surface area (Å²) in [6, 6.07) is 1.95. The van der Waals surface area contributed by atoms with Crippen molar-refractivity contribution in [2.45, 2.75) is 26.4 Å². The summed E-state index contributed by atoms with van der Waals surface area (Å²) in [6.07, 6.45) is 3.45. The van der Waals surface area contributed by atoms with Gasteiger partial charge >= 0.3 is 0 Å². The Balaban J connectivity index is 1.68. The van der Waals surface area contributed by atoms with Crippen molar-refractivity contribution in [3.63, 3.8) is 0 Å². The first-order valence-corrected chi connectivity index (χ1v) is 8.01. The van der Waals surface area contributed by atoms with Crippen LogP contribution in [-0.2, 0) is 0 Å². The highest BCUT2D eigenvalue weighted by atomic mass is 32.1. The molecule has 0 saturated carbocycles. The van der Waals surface area contributed by atoms with Crippen molar-refractivity contribution in [3.05, 3.63) is 33.7 Å². The minimum Gasteiger partial charge on any atom is -0.470 e. The summed E-state index contributed by atoms with van der Waals surface area (Å²) in [5.74, 6) is 0.206. The minimum absolute atomic E-state index is 0.0150. The molecule has 1 aliphatic rings. The maximum Gasteiger partial charge on any atom is 0.265 e. The van der Waals surface area contributed by atoms with Crippen molar-refractivity contribution in [1.29, 1.82) is 5.26 Å². The molecule has 0 spiro atoms. The molecule has 1 amide bonds. The van der Waals surface area contributed by atoms with Crippen LogP contribution >= 0.6 is 11.3 Å². The molecule has 1 saturated heterocycles. The van der Waals surface area contributed by atoms with Gasteiger partial charge in [-0.15, -0.1) is 11.3 Å². The largest absolute Gasteiger partial charge is 0.470 e. The molecule has 118 valence electrons. The molecule has 0 N–H and O–H groups in total. The van der Waals surface area contributed by atoms with Crippen LogP contribution in [0, 0.1) is 25.2 Å². The van der Waals surface area contributed by atoms with Crippen molar-refractivity contribution in [2.75, 3.05) is 13.1 Å². The fourth-order valence-electron chi connectivity index (χ4n) is 2.53. The second-order valence-electron chi connectivity index (χ2n) is 5.25. The van der Waals surface area contributed by atoms with Crippen LogP contribution in [0.3, 0.4) is 0 Å². The van der Waals surface area contributed by atoms with E-state index in [2.05, 4.69) is 15.0 Å². The average Bonchev–Trinajstić information content (AvgIpc) is 3.13. The molecular weight excluding hydrogens is 314 g/mol. The topological polar surface area (TPSA) is 92.0 Å². The van der Waals surface area contributed by atoms with E-state index in [9.17, 15) is 4.79 Å². The lowest BCUT2D eigenvalue weighted by Gasteiger charge is -2.16. The number of ether oxygens (including phenoxy) is 1. The summed E-state index contributed by atoms with van der Waals surface area (Å²) >= 11 is 1.41. The number of aryl methyl sites for hydroxylation is 2. The van der Waals surface area contributed by atoms with Crippen LogP contribution in [0.15, 0.2) is 12.4 Å². The molecule has 0 radical (unpaired) electrons. The van der Waals surface area contributed by atoms with Gasteiger partial charge in [0.05, 0.1) is 17.2 Å². The van der Waals surface area contributed by atoms with E-state index in [-0.39, 0.29) is 23.6 Å². The number of hydrogen-bond donors (Lipinski definition) is 0. The Morgan fingerprint density at radius 3 is 2.91 bits per heavy atom. The summed E-state index contributed by atoms with van der Waals surface area (Å²) in [5, 5.41) is 9.90. The zero-order valence-corrected chi connectivity index (χ0v) is 13.6. The highest BCUT2D eigenvalue weighted by Gasteiger charge is 2.30. The molecule has 2 aromatic heterocycles. The van der Waals surface area contributed by atoms with E-state index in [0.717, 1.165) is 10.7 Å². The summed E-state index contributed by atoms with van der Waals surface area (Å²) < 4.78 is 5.75.